The van der Waals surface area contributed by atoms with Gasteiger partial charge in [0, 0.05) is 31.3 Å². The van der Waals surface area contributed by atoms with E-state index in [0.29, 0.717) is 25.2 Å². The van der Waals surface area contributed by atoms with Gasteiger partial charge in [0.2, 0.25) is 5.91 Å². The highest BCUT2D eigenvalue weighted by Crippen LogP contribution is 2.19. The monoisotopic (exact) mass is 330 g/mol. The maximum Gasteiger partial charge on any atom is 0.253 e. The fourth-order valence-electron chi connectivity index (χ4n) is 2.68. The molecule has 5 heteroatoms. The number of piperidine rings is 1. The number of hydrogen-bond donors (Lipinski definition) is 2. The quantitative estimate of drug-likeness (QED) is 0.831. The van der Waals surface area contributed by atoms with Gasteiger partial charge >= 0.3 is 0 Å². The summed E-state index contributed by atoms with van der Waals surface area (Å²) in [5.41, 5.74) is 2.50. The van der Waals surface area contributed by atoms with Crippen LogP contribution >= 0.6 is 0 Å². The number of aliphatic hydroxyl groups excluding tert-OH is 1. The molecule has 1 saturated heterocycles. The minimum atomic E-state index is -0.452. The standard InChI is InChI=1S/C19H26N2O3/c1-13(2)10-18(23)20-11-15-4-6-16(7-5-15)19(24)21-9-8-14(3)17(22)12-21/h4-7,10,14,17,22H,8-9,11-12H2,1-3H3,(H,20,23). The fraction of sp³-hybridized carbons (Fsp3) is 0.474. The van der Waals surface area contributed by atoms with Crippen molar-refractivity contribution in [3.8, 4) is 0 Å². The van der Waals surface area contributed by atoms with Crippen LogP contribution in [0.15, 0.2) is 35.9 Å². The lowest BCUT2D eigenvalue weighted by Crippen LogP contribution is -2.45. The molecular weight excluding hydrogens is 304 g/mol. The molecule has 2 atom stereocenters. The SMILES string of the molecule is CC(C)=CC(=O)NCc1ccc(C(=O)N2CCC(C)C(O)C2)cc1. The fourth-order valence-corrected chi connectivity index (χ4v) is 2.68. The predicted molar refractivity (Wildman–Crippen MR) is 93.4 cm³/mol. The van der Waals surface area contributed by atoms with Gasteiger partial charge in [0.15, 0.2) is 0 Å². The number of amides is 2. The van der Waals surface area contributed by atoms with Crippen molar-refractivity contribution in [2.75, 3.05) is 13.1 Å². The summed E-state index contributed by atoms with van der Waals surface area (Å²) in [6.07, 6.45) is 1.93. The molecule has 1 aromatic rings. The van der Waals surface area contributed by atoms with Gasteiger partial charge in [-0.25, -0.2) is 0 Å². The van der Waals surface area contributed by atoms with Gasteiger partial charge in [-0.15, -0.1) is 0 Å². The number of hydrogen-bond acceptors (Lipinski definition) is 3. The second-order valence-electron chi connectivity index (χ2n) is 6.72. The Morgan fingerprint density at radius 1 is 1.29 bits per heavy atom. The van der Waals surface area contributed by atoms with E-state index in [4.69, 9.17) is 0 Å². The Morgan fingerprint density at radius 3 is 2.54 bits per heavy atom. The van der Waals surface area contributed by atoms with Gasteiger partial charge in [0.05, 0.1) is 6.10 Å². The van der Waals surface area contributed by atoms with E-state index >= 15 is 0 Å². The summed E-state index contributed by atoms with van der Waals surface area (Å²) in [6, 6.07) is 7.24. The summed E-state index contributed by atoms with van der Waals surface area (Å²) in [7, 11) is 0. The number of β-amino-alcohol motifs (C(OH)–C–C–N with tert-alkyl or cyclic N) is 1. The molecule has 1 heterocycles. The van der Waals surface area contributed by atoms with Gasteiger partial charge in [-0.1, -0.05) is 24.6 Å². The third-order valence-corrected chi connectivity index (χ3v) is 4.29. The molecule has 0 saturated carbocycles. The summed E-state index contributed by atoms with van der Waals surface area (Å²) in [5, 5.41) is 12.7. The Hall–Kier alpha value is -2.14. The number of aliphatic hydroxyl groups is 1. The molecule has 5 nitrogen and oxygen atoms in total. The Labute approximate surface area is 143 Å². The number of rotatable bonds is 4. The van der Waals surface area contributed by atoms with E-state index in [2.05, 4.69) is 5.32 Å². The third-order valence-electron chi connectivity index (χ3n) is 4.29. The molecule has 2 N–H and O–H groups in total. The van der Waals surface area contributed by atoms with Crippen LogP contribution < -0.4 is 5.32 Å². The molecule has 130 valence electrons. The van der Waals surface area contributed by atoms with Gasteiger partial charge in [-0.2, -0.15) is 0 Å². The minimum absolute atomic E-state index is 0.0546. The molecule has 0 aliphatic carbocycles. The van der Waals surface area contributed by atoms with Crippen LogP contribution in [0.1, 0.15) is 43.1 Å². The number of carbonyl (C=O) groups excluding carboxylic acids is 2. The van der Waals surface area contributed by atoms with E-state index in [1.54, 1.807) is 23.1 Å². The number of nitrogens with zero attached hydrogens (tertiary/aromatic N) is 1. The van der Waals surface area contributed by atoms with Crippen LogP contribution in [0.25, 0.3) is 0 Å². The average Bonchev–Trinajstić information content (AvgIpc) is 2.55. The van der Waals surface area contributed by atoms with Crippen LogP contribution in [0.5, 0.6) is 0 Å². The first kappa shape index (κ1) is 18.2. The average molecular weight is 330 g/mol. The highest BCUT2D eigenvalue weighted by atomic mass is 16.3. The van der Waals surface area contributed by atoms with E-state index in [0.717, 1.165) is 17.6 Å². The number of benzene rings is 1. The van der Waals surface area contributed by atoms with E-state index < -0.39 is 6.10 Å². The molecule has 1 aliphatic heterocycles. The number of allylic oxidation sites excluding steroid dienone is 1. The summed E-state index contributed by atoms with van der Waals surface area (Å²) >= 11 is 0. The van der Waals surface area contributed by atoms with Crippen LogP contribution in [0, 0.1) is 5.92 Å². The Morgan fingerprint density at radius 2 is 1.96 bits per heavy atom. The minimum Gasteiger partial charge on any atom is -0.391 e. The second-order valence-corrected chi connectivity index (χ2v) is 6.72. The lowest BCUT2D eigenvalue weighted by molar-refractivity contribution is -0.116. The molecule has 0 spiro atoms. The Bertz CT molecular complexity index is 618. The third kappa shape index (κ3) is 4.93. The van der Waals surface area contributed by atoms with E-state index in [1.165, 1.54) is 0 Å². The second kappa shape index (κ2) is 8.11. The zero-order valence-corrected chi connectivity index (χ0v) is 14.6. The molecular formula is C19H26N2O3. The Kier molecular flexibility index (Phi) is 6.15. The Balaban J connectivity index is 1.93. The zero-order chi connectivity index (χ0) is 17.7. The number of nitrogens with one attached hydrogen (secondary N) is 1. The first-order chi connectivity index (χ1) is 11.4. The number of carbonyl (C=O) groups is 2. The van der Waals surface area contributed by atoms with Crippen molar-refractivity contribution >= 4 is 11.8 Å². The first-order valence-electron chi connectivity index (χ1n) is 8.36. The normalized spacial score (nSPS) is 20.4. The molecule has 2 amide bonds. The van der Waals surface area contributed by atoms with E-state index in [1.807, 2.05) is 32.9 Å². The lowest BCUT2D eigenvalue weighted by Gasteiger charge is -2.34. The van der Waals surface area contributed by atoms with Crippen LogP contribution in [-0.2, 0) is 11.3 Å². The van der Waals surface area contributed by atoms with Crippen molar-refractivity contribution in [1.29, 1.82) is 0 Å². The topological polar surface area (TPSA) is 69.6 Å². The summed E-state index contributed by atoms with van der Waals surface area (Å²) < 4.78 is 0. The maximum absolute atomic E-state index is 12.5. The molecule has 1 aliphatic rings. The molecule has 1 aromatic carbocycles. The zero-order valence-electron chi connectivity index (χ0n) is 14.6. The highest BCUT2D eigenvalue weighted by Gasteiger charge is 2.27. The number of likely N-dealkylation sites (tertiary alicyclic amines) is 1. The van der Waals surface area contributed by atoms with Crippen LogP contribution in [-0.4, -0.2) is 41.0 Å². The van der Waals surface area contributed by atoms with Gasteiger partial charge in [-0.3, -0.25) is 9.59 Å². The van der Waals surface area contributed by atoms with Gasteiger partial charge < -0.3 is 15.3 Å². The lowest BCUT2D eigenvalue weighted by atomic mass is 9.95. The first-order valence-corrected chi connectivity index (χ1v) is 8.36. The summed E-state index contributed by atoms with van der Waals surface area (Å²) in [4.78, 5) is 25.8. The van der Waals surface area contributed by atoms with Crippen molar-refractivity contribution < 1.29 is 14.7 Å². The summed E-state index contributed by atoms with van der Waals surface area (Å²) in [6.45, 7) is 7.25. The van der Waals surface area contributed by atoms with Crippen molar-refractivity contribution in [3.05, 3.63) is 47.0 Å². The van der Waals surface area contributed by atoms with Crippen LogP contribution in [0.4, 0.5) is 0 Å². The molecule has 1 fully saturated rings. The van der Waals surface area contributed by atoms with Crippen LogP contribution in [0.2, 0.25) is 0 Å². The smallest absolute Gasteiger partial charge is 0.253 e. The van der Waals surface area contributed by atoms with Gasteiger partial charge in [0.25, 0.3) is 5.91 Å². The molecule has 0 aromatic heterocycles. The van der Waals surface area contributed by atoms with Crippen molar-refractivity contribution in [1.82, 2.24) is 10.2 Å². The molecule has 2 unspecified atom stereocenters. The van der Waals surface area contributed by atoms with E-state index in [-0.39, 0.29) is 17.7 Å². The van der Waals surface area contributed by atoms with Crippen LogP contribution in [0.3, 0.4) is 0 Å². The predicted octanol–water partition coefficient (Wildman–Crippen LogP) is 2.11. The molecule has 0 radical (unpaired) electrons. The molecule has 0 bridgehead atoms. The molecule has 2 rings (SSSR count). The van der Waals surface area contributed by atoms with Gasteiger partial charge in [-0.05, 0) is 43.9 Å². The van der Waals surface area contributed by atoms with Crippen molar-refractivity contribution in [3.63, 3.8) is 0 Å². The van der Waals surface area contributed by atoms with Gasteiger partial charge in [0.1, 0.15) is 0 Å². The summed E-state index contributed by atoms with van der Waals surface area (Å²) in [5.74, 6) is 0.0634. The molecule has 24 heavy (non-hydrogen) atoms. The maximum atomic E-state index is 12.5. The highest BCUT2D eigenvalue weighted by molar-refractivity contribution is 5.94. The largest absolute Gasteiger partial charge is 0.391 e. The van der Waals surface area contributed by atoms with E-state index in [9.17, 15) is 14.7 Å². The van der Waals surface area contributed by atoms with Crippen molar-refractivity contribution in [2.45, 2.75) is 39.8 Å². The van der Waals surface area contributed by atoms with Crippen molar-refractivity contribution in [2.24, 2.45) is 5.92 Å².